The lowest BCUT2D eigenvalue weighted by molar-refractivity contribution is -0.127. The van der Waals surface area contributed by atoms with E-state index < -0.39 is 29.2 Å². The lowest BCUT2D eigenvalue weighted by atomic mass is 10.1. The number of piperazine rings is 1. The predicted octanol–water partition coefficient (Wildman–Crippen LogP) is 3.78. The number of amides is 2. The number of carbonyl (C=O) groups excluding carboxylic acids is 4. The zero-order valence-corrected chi connectivity index (χ0v) is 19.6. The van der Waals surface area contributed by atoms with Gasteiger partial charge < -0.3 is 9.80 Å². The van der Waals surface area contributed by atoms with E-state index in [1.807, 2.05) is 0 Å². The van der Waals surface area contributed by atoms with Gasteiger partial charge in [0.25, 0.3) is 23.5 Å². The van der Waals surface area contributed by atoms with Gasteiger partial charge in [-0.3, -0.25) is 23.7 Å². The van der Waals surface area contributed by atoms with Crippen molar-refractivity contribution < 1.29 is 28.0 Å². The average Bonchev–Trinajstić information content (AvgIpc) is 3.31. The largest absolute Gasteiger partial charge is 0.335 e. The lowest BCUT2D eigenvalue weighted by Crippen LogP contribution is -2.52. The van der Waals surface area contributed by atoms with E-state index in [4.69, 9.17) is 0 Å². The Morgan fingerprint density at radius 1 is 0.649 bits per heavy atom. The molecule has 1 aliphatic heterocycles. The van der Waals surface area contributed by atoms with Gasteiger partial charge in [0.1, 0.15) is 11.6 Å². The molecule has 186 valence electrons. The molecule has 1 aliphatic rings. The monoisotopic (exact) mass is 501 g/mol. The van der Waals surface area contributed by atoms with Crippen molar-refractivity contribution in [1.82, 2.24) is 14.4 Å². The van der Waals surface area contributed by atoms with E-state index >= 15 is 0 Å². The third-order valence-corrected chi connectivity index (χ3v) is 6.37. The summed E-state index contributed by atoms with van der Waals surface area (Å²) in [6.45, 7) is 0.640. The average molecular weight is 501 g/mol. The van der Waals surface area contributed by atoms with Crippen LogP contribution in [0.25, 0.3) is 10.9 Å². The number of ketones is 1. The topological polar surface area (TPSA) is 79.7 Å². The number of aromatic nitrogens is 1. The van der Waals surface area contributed by atoms with Gasteiger partial charge >= 0.3 is 0 Å². The fourth-order valence-corrected chi connectivity index (χ4v) is 4.46. The lowest BCUT2D eigenvalue weighted by Gasteiger charge is -2.34. The van der Waals surface area contributed by atoms with E-state index in [1.165, 1.54) is 57.0 Å². The van der Waals surface area contributed by atoms with E-state index in [2.05, 4.69) is 0 Å². The number of fused-ring (bicyclic) bond motifs is 1. The Kier molecular flexibility index (Phi) is 6.35. The number of benzene rings is 3. The smallest absolute Gasteiger partial charge is 0.295 e. The summed E-state index contributed by atoms with van der Waals surface area (Å²) in [6, 6.07) is 17.3. The molecule has 0 radical (unpaired) electrons. The molecule has 3 aromatic carbocycles. The van der Waals surface area contributed by atoms with Crippen LogP contribution >= 0.6 is 0 Å². The Balaban J connectivity index is 1.35. The van der Waals surface area contributed by atoms with Gasteiger partial charge in [0.15, 0.2) is 0 Å². The van der Waals surface area contributed by atoms with Crippen molar-refractivity contribution in [1.29, 1.82) is 0 Å². The second kappa shape index (κ2) is 9.77. The van der Waals surface area contributed by atoms with Crippen LogP contribution in [0.5, 0.6) is 0 Å². The summed E-state index contributed by atoms with van der Waals surface area (Å²) in [5.74, 6) is -3.50. The van der Waals surface area contributed by atoms with Crippen LogP contribution < -0.4 is 0 Å². The summed E-state index contributed by atoms with van der Waals surface area (Å²) < 4.78 is 28.4. The number of hydrogen-bond acceptors (Lipinski definition) is 4. The quantitative estimate of drug-likeness (QED) is 0.315. The first-order chi connectivity index (χ1) is 17.8. The fraction of sp³-hybridized carbons (Fsp3) is 0.143. The Labute approximate surface area is 210 Å². The van der Waals surface area contributed by atoms with Crippen molar-refractivity contribution >= 4 is 34.4 Å². The zero-order valence-electron chi connectivity index (χ0n) is 19.6. The Morgan fingerprint density at radius 3 is 1.84 bits per heavy atom. The third-order valence-electron chi connectivity index (χ3n) is 6.37. The van der Waals surface area contributed by atoms with Crippen molar-refractivity contribution in [2.24, 2.45) is 0 Å². The molecular formula is C28H21F2N3O4. The molecule has 2 heterocycles. The highest BCUT2D eigenvalue weighted by molar-refractivity contribution is 6.45. The van der Waals surface area contributed by atoms with Gasteiger partial charge in [0.05, 0.1) is 11.1 Å². The van der Waals surface area contributed by atoms with Crippen molar-refractivity contribution in [3.63, 3.8) is 0 Å². The fourth-order valence-electron chi connectivity index (χ4n) is 4.46. The first kappa shape index (κ1) is 24.1. The second-order valence-corrected chi connectivity index (χ2v) is 8.67. The minimum Gasteiger partial charge on any atom is -0.335 e. The molecule has 37 heavy (non-hydrogen) atoms. The SMILES string of the molecule is O=C(C(=O)N1CCN(C(=O)c2cccc(F)c2)CC1)c1cn(C(=O)c2cccc(F)c2)c2ccccc12. The van der Waals surface area contributed by atoms with Gasteiger partial charge in [0.2, 0.25) is 0 Å². The summed E-state index contributed by atoms with van der Waals surface area (Å²) in [5.41, 5.74) is 0.791. The molecule has 0 atom stereocenters. The second-order valence-electron chi connectivity index (χ2n) is 8.67. The van der Waals surface area contributed by atoms with E-state index in [-0.39, 0.29) is 48.8 Å². The summed E-state index contributed by atoms with van der Waals surface area (Å²) in [5, 5.41) is 0.422. The molecule has 0 aliphatic carbocycles. The van der Waals surface area contributed by atoms with Crippen LogP contribution in [0.4, 0.5) is 8.78 Å². The Bertz CT molecular complexity index is 1550. The maximum Gasteiger partial charge on any atom is 0.295 e. The molecule has 9 heteroatoms. The molecular weight excluding hydrogens is 480 g/mol. The van der Waals surface area contributed by atoms with Crippen LogP contribution in [0, 0.1) is 11.6 Å². The highest BCUT2D eigenvalue weighted by atomic mass is 19.1. The van der Waals surface area contributed by atoms with Crippen molar-refractivity contribution in [2.75, 3.05) is 26.2 Å². The number of hydrogen-bond donors (Lipinski definition) is 0. The Morgan fingerprint density at radius 2 is 1.22 bits per heavy atom. The van der Waals surface area contributed by atoms with Crippen molar-refractivity contribution in [3.8, 4) is 0 Å². The van der Waals surface area contributed by atoms with Gasteiger partial charge in [-0.1, -0.05) is 30.3 Å². The first-order valence-corrected chi connectivity index (χ1v) is 11.6. The summed E-state index contributed by atoms with van der Waals surface area (Å²) in [4.78, 5) is 55.0. The minimum absolute atomic E-state index is 0.0589. The molecule has 0 unspecified atom stereocenters. The molecule has 5 rings (SSSR count). The molecule has 1 saturated heterocycles. The normalized spacial score (nSPS) is 13.6. The van der Waals surface area contributed by atoms with E-state index in [9.17, 15) is 28.0 Å². The van der Waals surface area contributed by atoms with Gasteiger partial charge in [-0.2, -0.15) is 0 Å². The third kappa shape index (κ3) is 4.63. The molecule has 0 bridgehead atoms. The molecule has 7 nitrogen and oxygen atoms in total. The van der Waals surface area contributed by atoms with Crippen LogP contribution in [0.2, 0.25) is 0 Å². The van der Waals surface area contributed by atoms with Gasteiger partial charge in [-0.15, -0.1) is 0 Å². The van der Waals surface area contributed by atoms with E-state index in [0.717, 1.165) is 12.1 Å². The molecule has 4 aromatic rings. The van der Waals surface area contributed by atoms with Crippen LogP contribution in [-0.4, -0.2) is 64.1 Å². The molecule has 1 fully saturated rings. The van der Waals surface area contributed by atoms with Crippen molar-refractivity contribution in [2.45, 2.75) is 0 Å². The van der Waals surface area contributed by atoms with E-state index in [1.54, 1.807) is 24.3 Å². The summed E-state index contributed by atoms with van der Waals surface area (Å²) in [6.07, 6.45) is 1.31. The molecule has 0 saturated carbocycles. The minimum atomic E-state index is -0.785. The highest BCUT2D eigenvalue weighted by Gasteiger charge is 2.31. The highest BCUT2D eigenvalue weighted by Crippen LogP contribution is 2.24. The number of para-hydroxylation sites is 1. The van der Waals surface area contributed by atoms with Crippen LogP contribution in [0.15, 0.2) is 79.0 Å². The number of nitrogens with zero attached hydrogens (tertiary/aromatic N) is 3. The summed E-state index contributed by atoms with van der Waals surface area (Å²) in [7, 11) is 0. The van der Waals surface area contributed by atoms with Crippen LogP contribution in [0.3, 0.4) is 0 Å². The predicted molar refractivity (Wildman–Crippen MR) is 131 cm³/mol. The standard InChI is InChI=1S/C28H21F2N3O4/c29-20-7-3-5-18(15-20)26(35)31-11-13-32(14-12-31)28(37)25(34)23-17-33(24-10-2-1-9-22(23)24)27(36)19-6-4-8-21(30)16-19/h1-10,15-17H,11-14H2. The van der Waals surface area contributed by atoms with Gasteiger partial charge in [-0.25, -0.2) is 8.78 Å². The molecule has 2 amide bonds. The number of halogens is 2. The maximum absolute atomic E-state index is 13.7. The molecule has 0 spiro atoms. The Hall–Kier alpha value is -4.66. The van der Waals surface area contributed by atoms with Crippen LogP contribution in [0.1, 0.15) is 31.1 Å². The van der Waals surface area contributed by atoms with Gasteiger partial charge in [0, 0.05) is 48.9 Å². The van der Waals surface area contributed by atoms with Crippen LogP contribution in [-0.2, 0) is 4.79 Å². The van der Waals surface area contributed by atoms with Gasteiger partial charge in [-0.05, 0) is 42.5 Å². The number of Topliss-reactive ketones (excluding diaryl/α,β-unsaturated/α-hetero) is 1. The number of rotatable bonds is 4. The first-order valence-electron chi connectivity index (χ1n) is 11.6. The molecule has 0 N–H and O–H groups in total. The zero-order chi connectivity index (χ0) is 26.1. The molecule has 1 aromatic heterocycles. The summed E-state index contributed by atoms with van der Waals surface area (Å²) >= 11 is 0. The maximum atomic E-state index is 13.7. The van der Waals surface area contributed by atoms with E-state index in [0.29, 0.717) is 10.9 Å². The van der Waals surface area contributed by atoms with Crippen molar-refractivity contribution in [3.05, 3.63) is 107 Å². The number of carbonyl (C=O) groups is 4.